The maximum Gasteiger partial charge on any atom is 0.142 e. The van der Waals surface area contributed by atoms with Crippen LogP contribution in [0.15, 0.2) is 60.7 Å². The van der Waals surface area contributed by atoms with Crippen LogP contribution in [-0.4, -0.2) is 23.3 Å². The molecule has 0 atom stereocenters. The Morgan fingerprint density at radius 3 is 1.28 bits per heavy atom. The van der Waals surface area contributed by atoms with Crippen molar-refractivity contribution in [2.24, 2.45) is 0 Å². The topological polar surface area (TPSA) is 24.9 Å². The lowest BCUT2D eigenvalue weighted by molar-refractivity contribution is 0.0784. The molecule has 0 amide bonds. The minimum Gasteiger partial charge on any atom is -0.478 e. The molecule has 0 fully saturated rings. The highest BCUT2D eigenvalue weighted by molar-refractivity contribution is 5.48. The van der Waals surface area contributed by atoms with Gasteiger partial charge in [0, 0.05) is 37.3 Å². The van der Waals surface area contributed by atoms with Crippen LogP contribution in [0.3, 0.4) is 0 Å². The highest BCUT2D eigenvalue weighted by Crippen LogP contribution is 2.36. The van der Waals surface area contributed by atoms with E-state index in [1.54, 1.807) is 0 Å². The van der Waals surface area contributed by atoms with Crippen molar-refractivity contribution >= 4 is 0 Å². The van der Waals surface area contributed by atoms with E-state index in [-0.39, 0.29) is 10.8 Å². The first-order chi connectivity index (χ1) is 17.0. The third-order valence-corrected chi connectivity index (χ3v) is 7.29. The maximum atomic E-state index is 6.20. The molecule has 0 aliphatic carbocycles. The van der Waals surface area contributed by atoms with Gasteiger partial charge in [0.15, 0.2) is 0 Å². The molecule has 3 aromatic carbocycles. The van der Waals surface area contributed by atoms with Gasteiger partial charge < -0.3 is 9.47 Å². The normalized spacial score (nSPS) is 16.6. The van der Waals surface area contributed by atoms with Crippen LogP contribution in [0.5, 0.6) is 11.5 Å². The van der Waals surface area contributed by atoms with E-state index in [2.05, 4.69) is 112 Å². The Bertz CT molecular complexity index is 1100. The third kappa shape index (κ3) is 5.61. The zero-order valence-corrected chi connectivity index (χ0v) is 22.7. The molecule has 190 valence electrons. The van der Waals surface area contributed by atoms with Gasteiger partial charge in [-0.2, -0.15) is 0 Å². The maximum absolute atomic E-state index is 6.20. The van der Waals surface area contributed by atoms with E-state index in [9.17, 15) is 0 Å². The van der Waals surface area contributed by atoms with E-state index in [1.165, 1.54) is 33.4 Å². The highest BCUT2D eigenvalue weighted by Gasteiger charge is 2.24. The second-order valence-corrected chi connectivity index (χ2v) is 12.5. The lowest BCUT2D eigenvalue weighted by Gasteiger charge is -2.33. The quantitative estimate of drug-likeness (QED) is 0.399. The lowest BCUT2D eigenvalue weighted by atomic mass is 9.86. The number of ether oxygens (including phenoxy) is 2. The van der Waals surface area contributed by atoms with E-state index in [4.69, 9.17) is 9.47 Å². The standard InChI is InChI=1S/C32H40N2O2/c1-31(2,3)27-11-7-23(8-12-27)17-33-19-25-15-30-26(16-29(25)35-21-33)20-34(22-36-30)18-24-9-13-28(14-10-24)32(4,5)6/h7-16H,17-22H2,1-6H3. The van der Waals surface area contributed by atoms with Gasteiger partial charge >= 0.3 is 0 Å². The molecule has 36 heavy (non-hydrogen) atoms. The van der Waals surface area contributed by atoms with E-state index >= 15 is 0 Å². The fraction of sp³-hybridized carbons (Fsp3) is 0.438. The monoisotopic (exact) mass is 484 g/mol. The summed E-state index contributed by atoms with van der Waals surface area (Å²) in [5.74, 6) is 1.99. The van der Waals surface area contributed by atoms with Gasteiger partial charge in [-0.3, -0.25) is 9.80 Å². The number of hydrogen-bond acceptors (Lipinski definition) is 4. The molecule has 4 nitrogen and oxygen atoms in total. The molecule has 0 spiro atoms. The van der Waals surface area contributed by atoms with Crippen molar-refractivity contribution in [3.8, 4) is 11.5 Å². The van der Waals surface area contributed by atoms with E-state index in [0.717, 1.165) is 37.7 Å². The van der Waals surface area contributed by atoms with Gasteiger partial charge in [-0.25, -0.2) is 0 Å². The Labute approximate surface area is 216 Å². The summed E-state index contributed by atoms with van der Waals surface area (Å²) in [5.41, 5.74) is 8.13. The molecule has 0 saturated carbocycles. The van der Waals surface area contributed by atoms with Crippen LogP contribution in [0, 0.1) is 0 Å². The summed E-state index contributed by atoms with van der Waals surface area (Å²) in [6.45, 7) is 18.2. The zero-order valence-electron chi connectivity index (χ0n) is 22.7. The average molecular weight is 485 g/mol. The third-order valence-electron chi connectivity index (χ3n) is 7.29. The van der Waals surface area contributed by atoms with Crippen molar-refractivity contribution < 1.29 is 9.47 Å². The van der Waals surface area contributed by atoms with Gasteiger partial charge in [0.05, 0.1) is 0 Å². The predicted octanol–water partition coefficient (Wildman–Crippen LogP) is 6.99. The molecule has 2 heterocycles. The van der Waals surface area contributed by atoms with Crippen molar-refractivity contribution in [1.29, 1.82) is 0 Å². The molecule has 0 bridgehead atoms. The average Bonchev–Trinajstić information content (AvgIpc) is 2.82. The van der Waals surface area contributed by atoms with Gasteiger partial charge in [-0.1, -0.05) is 90.1 Å². The minimum atomic E-state index is 0.178. The van der Waals surface area contributed by atoms with Crippen LogP contribution >= 0.6 is 0 Å². The van der Waals surface area contributed by atoms with E-state index < -0.39 is 0 Å². The molecular formula is C32H40N2O2. The van der Waals surface area contributed by atoms with Crippen LogP contribution in [0.4, 0.5) is 0 Å². The summed E-state index contributed by atoms with van der Waals surface area (Å²) < 4.78 is 12.4. The fourth-order valence-corrected chi connectivity index (χ4v) is 4.99. The Hall–Kier alpha value is -2.82. The molecule has 5 rings (SSSR count). The van der Waals surface area contributed by atoms with Crippen LogP contribution in [0.25, 0.3) is 0 Å². The van der Waals surface area contributed by atoms with Crippen LogP contribution in [0.1, 0.15) is 74.9 Å². The summed E-state index contributed by atoms with van der Waals surface area (Å²) in [6, 6.07) is 22.4. The van der Waals surface area contributed by atoms with Gasteiger partial charge in [-0.15, -0.1) is 0 Å². The van der Waals surface area contributed by atoms with Gasteiger partial charge in [0.1, 0.15) is 25.0 Å². The van der Waals surface area contributed by atoms with Crippen molar-refractivity contribution in [2.75, 3.05) is 13.5 Å². The van der Waals surface area contributed by atoms with Crippen LogP contribution in [-0.2, 0) is 37.0 Å². The number of rotatable bonds is 4. The largest absolute Gasteiger partial charge is 0.478 e. The molecule has 0 saturated heterocycles. The minimum absolute atomic E-state index is 0.178. The van der Waals surface area contributed by atoms with Gasteiger partial charge in [-0.05, 0) is 45.2 Å². The SMILES string of the molecule is CC(C)(C)c1ccc(CN2COc3cc4c(cc3C2)OCN(Cc2ccc(C(C)(C)C)cc2)C4)cc1. The zero-order chi connectivity index (χ0) is 25.5. The number of fused-ring (bicyclic) bond motifs is 2. The summed E-state index contributed by atoms with van der Waals surface area (Å²) in [7, 11) is 0. The van der Waals surface area contributed by atoms with Crippen LogP contribution in [0.2, 0.25) is 0 Å². The van der Waals surface area contributed by atoms with Gasteiger partial charge in [0.25, 0.3) is 0 Å². The Morgan fingerprint density at radius 2 is 0.944 bits per heavy atom. The number of nitrogens with zero attached hydrogens (tertiary/aromatic N) is 2. The van der Waals surface area contributed by atoms with Crippen LogP contribution < -0.4 is 9.47 Å². The molecule has 0 N–H and O–H groups in total. The van der Waals surface area contributed by atoms with Gasteiger partial charge in [0.2, 0.25) is 0 Å². The van der Waals surface area contributed by atoms with Crippen molar-refractivity contribution in [1.82, 2.24) is 9.80 Å². The summed E-state index contributed by atoms with van der Waals surface area (Å²) in [4.78, 5) is 4.69. The molecule has 2 aliphatic heterocycles. The first kappa shape index (κ1) is 24.9. The molecular weight excluding hydrogens is 444 g/mol. The summed E-state index contributed by atoms with van der Waals surface area (Å²) in [6.07, 6.45) is 0. The molecule has 0 unspecified atom stereocenters. The smallest absolute Gasteiger partial charge is 0.142 e. The fourth-order valence-electron chi connectivity index (χ4n) is 4.99. The summed E-state index contributed by atoms with van der Waals surface area (Å²) in [5, 5.41) is 0. The Kier molecular flexibility index (Phi) is 6.61. The van der Waals surface area contributed by atoms with Crippen molar-refractivity contribution in [3.05, 3.63) is 94.0 Å². The van der Waals surface area contributed by atoms with Crippen molar-refractivity contribution in [2.45, 2.75) is 78.6 Å². The molecule has 0 radical (unpaired) electrons. The second kappa shape index (κ2) is 9.57. The lowest BCUT2D eigenvalue weighted by Crippen LogP contribution is -2.34. The Morgan fingerprint density at radius 1 is 0.583 bits per heavy atom. The van der Waals surface area contributed by atoms with E-state index in [1.807, 2.05) is 0 Å². The predicted molar refractivity (Wildman–Crippen MR) is 146 cm³/mol. The molecule has 4 heteroatoms. The van der Waals surface area contributed by atoms with Crippen molar-refractivity contribution in [3.63, 3.8) is 0 Å². The Balaban J connectivity index is 1.22. The molecule has 0 aromatic heterocycles. The second-order valence-electron chi connectivity index (χ2n) is 12.5. The number of benzene rings is 3. The molecule has 3 aromatic rings. The highest BCUT2D eigenvalue weighted by atomic mass is 16.5. The first-order valence-corrected chi connectivity index (χ1v) is 13.1. The molecule has 2 aliphatic rings. The summed E-state index contributed by atoms with van der Waals surface area (Å²) >= 11 is 0. The van der Waals surface area contributed by atoms with E-state index in [0.29, 0.717) is 13.5 Å². The number of hydrogen-bond donors (Lipinski definition) is 0. The first-order valence-electron chi connectivity index (χ1n) is 13.1.